The SMILES string of the molecule is CCN(Cc1ccccc1)C1=C(c2cccs2)C(=O)N(c2cccc(C)c2C)C1=O. The minimum Gasteiger partial charge on any atom is -0.362 e. The van der Waals surface area contributed by atoms with Crippen LogP contribution in [0.4, 0.5) is 5.69 Å². The van der Waals surface area contributed by atoms with Crippen molar-refractivity contribution in [2.75, 3.05) is 11.4 Å². The summed E-state index contributed by atoms with van der Waals surface area (Å²) < 4.78 is 0. The molecule has 2 heterocycles. The number of rotatable bonds is 6. The third-order valence-electron chi connectivity index (χ3n) is 5.56. The van der Waals surface area contributed by atoms with Crippen molar-refractivity contribution in [3.63, 3.8) is 0 Å². The second-order valence-electron chi connectivity index (χ2n) is 7.37. The molecule has 0 N–H and O–H groups in total. The molecule has 4 nitrogen and oxygen atoms in total. The van der Waals surface area contributed by atoms with Gasteiger partial charge in [0.2, 0.25) is 0 Å². The van der Waals surface area contributed by atoms with Gasteiger partial charge in [0.15, 0.2) is 0 Å². The van der Waals surface area contributed by atoms with Crippen LogP contribution >= 0.6 is 11.3 Å². The number of likely N-dealkylation sites (N-methyl/N-ethyl adjacent to an activating group) is 1. The molecule has 0 aliphatic carbocycles. The predicted molar refractivity (Wildman–Crippen MR) is 122 cm³/mol. The Kier molecular flexibility index (Phi) is 5.55. The van der Waals surface area contributed by atoms with Crippen molar-refractivity contribution in [1.29, 1.82) is 0 Å². The Balaban J connectivity index is 1.83. The van der Waals surface area contributed by atoms with Gasteiger partial charge in [-0.05, 0) is 55.0 Å². The molecule has 4 rings (SSSR count). The summed E-state index contributed by atoms with van der Waals surface area (Å²) in [6, 6.07) is 19.6. The number of aryl methyl sites for hydroxylation is 1. The average Bonchev–Trinajstić information content (AvgIpc) is 3.36. The zero-order chi connectivity index (χ0) is 21.3. The molecule has 0 saturated carbocycles. The fourth-order valence-corrected chi connectivity index (χ4v) is 4.57. The number of imide groups is 1. The van der Waals surface area contributed by atoms with Crippen molar-refractivity contribution in [1.82, 2.24) is 4.90 Å². The van der Waals surface area contributed by atoms with Crippen LogP contribution in [0.15, 0.2) is 71.7 Å². The normalized spacial score (nSPS) is 14.0. The molecular weight excluding hydrogens is 392 g/mol. The van der Waals surface area contributed by atoms with Crippen molar-refractivity contribution in [3.05, 3.63) is 93.3 Å². The first-order valence-electron chi connectivity index (χ1n) is 10.0. The minimum atomic E-state index is -0.255. The minimum absolute atomic E-state index is 0.252. The molecule has 152 valence electrons. The lowest BCUT2D eigenvalue weighted by Crippen LogP contribution is -2.35. The number of carbonyl (C=O) groups excluding carboxylic acids is 2. The second kappa shape index (κ2) is 8.28. The van der Waals surface area contributed by atoms with Gasteiger partial charge < -0.3 is 4.90 Å². The van der Waals surface area contributed by atoms with E-state index >= 15 is 0 Å². The van der Waals surface area contributed by atoms with Crippen LogP contribution in [0.2, 0.25) is 0 Å². The van der Waals surface area contributed by atoms with Crippen molar-refractivity contribution in [2.24, 2.45) is 0 Å². The molecule has 30 heavy (non-hydrogen) atoms. The first-order valence-corrected chi connectivity index (χ1v) is 10.9. The third-order valence-corrected chi connectivity index (χ3v) is 6.45. The van der Waals surface area contributed by atoms with E-state index in [1.807, 2.05) is 91.7 Å². The summed E-state index contributed by atoms with van der Waals surface area (Å²) in [5, 5.41) is 1.94. The van der Waals surface area contributed by atoms with Crippen LogP contribution in [-0.4, -0.2) is 23.3 Å². The number of hydrogen-bond donors (Lipinski definition) is 0. The number of benzene rings is 2. The first-order chi connectivity index (χ1) is 14.5. The summed E-state index contributed by atoms with van der Waals surface area (Å²) in [6.45, 7) is 7.15. The zero-order valence-electron chi connectivity index (χ0n) is 17.4. The van der Waals surface area contributed by atoms with Gasteiger partial charge in [-0.25, -0.2) is 4.90 Å². The van der Waals surface area contributed by atoms with Gasteiger partial charge in [0.05, 0.1) is 11.3 Å². The molecule has 2 aromatic carbocycles. The molecule has 0 radical (unpaired) electrons. The molecule has 0 spiro atoms. The summed E-state index contributed by atoms with van der Waals surface area (Å²) in [4.78, 5) is 31.5. The molecule has 0 fully saturated rings. The Hall–Kier alpha value is -3.18. The fraction of sp³-hybridized carbons (Fsp3) is 0.200. The van der Waals surface area contributed by atoms with Crippen LogP contribution in [0.1, 0.15) is 28.5 Å². The third kappa shape index (κ3) is 3.46. The van der Waals surface area contributed by atoms with E-state index in [9.17, 15) is 9.59 Å². The molecule has 2 amide bonds. The Labute approximate surface area is 181 Å². The van der Waals surface area contributed by atoms with Crippen LogP contribution in [0.25, 0.3) is 5.57 Å². The van der Waals surface area contributed by atoms with E-state index in [1.54, 1.807) is 0 Å². The molecule has 0 unspecified atom stereocenters. The zero-order valence-corrected chi connectivity index (χ0v) is 18.2. The molecule has 3 aromatic rings. The maximum atomic E-state index is 13.7. The van der Waals surface area contributed by atoms with Crippen molar-refractivity contribution in [3.8, 4) is 0 Å². The number of nitrogens with zero attached hydrogens (tertiary/aromatic N) is 2. The maximum absolute atomic E-state index is 13.7. The smallest absolute Gasteiger partial charge is 0.282 e. The van der Waals surface area contributed by atoms with E-state index in [0.29, 0.717) is 30.0 Å². The molecule has 1 aliphatic rings. The quantitative estimate of drug-likeness (QED) is 0.521. The Morgan fingerprint density at radius 1 is 0.900 bits per heavy atom. The van der Waals surface area contributed by atoms with Gasteiger partial charge in [-0.3, -0.25) is 9.59 Å². The van der Waals surface area contributed by atoms with Gasteiger partial charge >= 0.3 is 0 Å². The summed E-state index contributed by atoms with van der Waals surface area (Å²) in [5.41, 5.74) is 4.73. The second-order valence-corrected chi connectivity index (χ2v) is 8.31. The summed E-state index contributed by atoms with van der Waals surface area (Å²) in [7, 11) is 0. The summed E-state index contributed by atoms with van der Waals surface area (Å²) >= 11 is 1.48. The van der Waals surface area contributed by atoms with E-state index in [4.69, 9.17) is 0 Å². The number of carbonyl (C=O) groups is 2. The van der Waals surface area contributed by atoms with Crippen LogP contribution in [0, 0.1) is 13.8 Å². The van der Waals surface area contributed by atoms with Crippen molar-refractivity contribution in [2.45, 2.75) is 27.3 Å². The van der Waals surface area contributed by atoms with Crippen LogP contribution < -0.4 is 4.90 Å². The van der Waals surface area contributed by atoms with Crippen molar-refractivity contribution < 1.29 is 9.59 Å². The Morgan fingerprint density at radius 3 is 2.33 bits per heavy atom. The summed E-state index contributed by atoms with van der Waals surface area (Å²) in [5.74, 6) is -0.507. The monoisotopic (exact) mass is 416 g/mol. The molecule has 1 aliphatic heterocycles. The molecule has 1 aromatic heterocycles. The van der Waals surface area contributed by atoms with E-state index in [1.165, 1.54) is 16.2 Å². The Morgan fingerprint density at radius 2 is 1.67 bits per heavy atom. The largest absolute Gasteiger partial charge is 0.362 e. The van der Waals surface area contributed by atoms with Gasteiger partial charge in [-0.2, -0.15) is 0 Å². The van der Waals surface area contributed by atoms with Crippen LogP contribution in [0.3, 0.4) is 0 Å². The highest BCUT2D eigenvalue weighted by Gasteiger charge is 2.43. The maximum Gasteiger partial charge on any atom is 0.282 e. The van der Waals surface area contributed by atoms with Crippen LogP contribution in [-0.2, 0) is 16.1 Å². The van der Waals surface area contributed by atoms with Gasteiger partial charge in [0.1, 0.15) is 5.70 Å². The highest BCUT2D eigenvalue weighted by atomic mass is 32.1. The molecule has 0 bridgehead atoms. The number of thiophene rings is 1. The number of amides is 2. The van der Waals surface area contributed by atoms with E-state index in [-0.39, 0.29) is 11.8 Å². The van der Waals surface area contributed by atoms with E-state index < -0.39 is 0 Å². The van der Waals surface area contributed by atoms with Gasteiger partial charge in [-0.15, -0.1) is 11.3 Å². The first kappa shape index (κ1) is 20.1. The Bertz CT molecular complexity index is 1120. The lowest BCUT2D eigenvalue weighted by atomic mass is 10.1. The number of anilines is 1. The predicted octanol–water partition coefficient (Wildman–Crippen LogP) is 5.17. The van der Waals surface area contributed by atoms with E-state index in [0.717, 1.165) is 21.6 Å². The average molecular weight is 417 g/mol. The lowest BCUT2D eigenvalue weighted by molar-refractivity contribution is -0.120. The van der Waals surface area contributed by atoms with Gasteiger partial charge in [0.25, 0.3) is 11.8 Å². The molecule has 0 saturated heterocycles. The highest BCUT2D eigenvalue weighted by molar-refractivity contribution is 7.11. The molecule has 5 heteroatoms. The number of hydrogen-bond acceptors (Lipinski definition) is 4. The van der Waals surface area contributed by atoms with Gasteiger partial charge in [-0.1, -0.05) is 48.5 Å². The topological polar surface area (TPSA) is 40.6 Å². The molecule has 0 atom stereocenters. The standard InChI is InChI=1S/C25H24N2O2S/c1-4-26(16-19-11-6-5-7-12-19)23-22(21-14-9-15-30-21)24(28)27(25(23)29)20-13-8-10-17(2)18(20)3/h5-15H,4,16H2,1-3H3. The van der Waals surface area contributed by atoms with E-state index in [2.05, 4.69) is 0 Å². The van der Waals surface area contributed by atoms with Crippen LogP contribution in [0.5, 0.6) is 0 Å². The fourth-order valence-electron chi connectivity index (χ4n) is 3.80. The van der Waals surface area contributed by atoms with Gasteiger partial charge in [0, 0.05) is 18.0 Å². The highest BCUT2D eigenvalue weighted by Crippen LogP contribution is 2.38. The summed E-state index contributed by atoms with van der Waals surface area (Å²) in [6.07, 6.45) is 0. The van der Waals surface area contributed by atoms with Crippen molar-refractivity contribution >= 4 is 34.4 Å². The lowest BCUT2D eigenvalue weighted by Gasteiger charge is -2.25. The molecular formula is C25H24N2O2S.